The molecule has 0 aliphatic carbocycles. The Kier molecular flexibility index (Phi) is 6.36. The van der Waals surface area contributed by atoms with Gasteiger partial charge in [0.1, 0.15) is 0 Å². The Hall–Kier alpha value is -1.04. The first-order valence-corrected chi connectivity index (χ1v) is 8.37. The van der Waals surface area contributed by atoms with Crippen LogP contribution in [0.1, 0.15) is 16.8 Å². The third-order valence-corrected chi connectivity index (χ3v) is 4.24. The van der Waals surface area contributed by atoms with E-state index in [-0.39, 0.29) is 5.91 Å². The van der Waals surface area contributed by atoms with E-state index in [0.29, 0.717) is 0 Å². The maximum absolute atomic E-state index is 12.0. The summed E-state index contributed by atoms with van der Waals surface area (Å²) in [4.78, 5) is 15.6. The number of carbonyl (C=O) groups is 1. The number of thioether (sulfide) groups is 1. The molecule has 2 N–H and O–H groups in total. The second kappa shape index (κ2) is 8.29. The number of nitrogens with zero attached hydrogens (tertiary/aromatic N) is 1. The van der Waals surface area contributed by atoms with E-state index in [4.69, 9.17) is 0 Å². The number of hydrogen-bond acceptors (Lipinski definition) is 4. The molecule has 1 amide bonds. The highest BCUT2D eigenvalue weighted by Gasteiger charge is 2.09. The van der Waals surface area contributed by atoms with Crippen LogP contribution in [0, 0.1) is 0 Å². The topological polar surface area (TPSA) is 44.4 Å². The first kappa shape index (κ1) is 15.4. The summed E-state index contributed by atoms with van der Waals surface area (Å²) < 4.78 is 0. The summed E-state index contributed by atoms with van der Waals surface area (Å²) in [6, 6.07) is 7.75. The molecule has 1 aliphatic rings. The van der Waals surface area contributed by atoms with Gasteiger partial charge in [-0.3, -0.25) is 4.79 Å². The molecule has 1 saturated heterocycles. The monoisotopic (exact) mass is 293 g/mol. The van der Waals surface area contributed by atoms with Gasteiger partial charge in [0, 0.05) is 43.2 Å². The fourth-order valence-corrected chi connectivity index (χ4v) is 2.69. The van der Waals surface area contributed by atoms with E-state index in [2.05, 4.69) is 15.5 Å². The summed E-state index contributed by atoms with van der Waals surface area (Å²) in [5.74, 6) is 0.0259. The quantitative estimate of drug-likeness (QED) is 0.615. The summed E-state index contributed by atoms with van der Waals surface area (Å²) in [5.41, 5.74) is 0.741. The summed E-state index contributed by atoms with van der Waals surface area (Å²) in [7, 11) is 0. The van der Waals surface area contributed by atoms with Crippen molar-refractivity contribution in [2.45, 2.75) is 11.3 Å². The van der Waals surface area contributed by atoms with Crippen LogP contribution in [-0.4, -0.2) is 56.3 Å². The Morgan fingerprint density at radius 3 is 2.65 bits per heavy atom. The molecule has 20 heavy (non-hydrogen) atoms. The number of nitrogens with one attached hydrogen (secondary N) is 2. The average Bonchev–Trinajstić information content (AvgIpc) is 2.52. The smallest absolute Gasteiger partial charge is 0.251 e. The summed E-state index contributed by atoms with van der Waals surface area (Å²) >= 11 is 1.68. The second-order valence-electron chi connectivity index (χ2n) is 4.93. The lowest BCUT2D eigenvalue weighted by Crippen LogP contribution is -2.44. The number of rotatable bonds is 6. The first-order valence-electron chi connectivity index (χ1n) is 7.15. The van der Waals surface area contributed by atoms with Gasteiger partial charge in [0.2, 0.25) is 0 Å². The maximum atomic E-state index is 12.0. The minimum absolute atomic E-state index is 0.0259. The second-order valence-corrected chi connectivity index (χ2v) is 5.81. The van der Waals surface area contributed by atoms with Crippen LogP contribution in [0.25, 0.3) is 0 Å². The van der Waals surface area contributed by atoms with E-state index >= 15 is 0 Å². The van der Waals surface area contributed by atoms with Crippen LogP contribution >= 0.6 is 11.8 Å². The molecule has 0 atom stereocenters. The minimum atomic E-state index is 0.0259. The Bertz CT molecular complexity index is 416. The van der Waals surface area contributed by atoms with Crippen molar-refractivity contribution in [1.29, 1.82) is 0 Å². The minimum Gasteiger partial charge on any atom is -0.352 e. The molecular formula is C15H23N3OS. The van der Waals surface area contributed by atoms with Crippen molar-refractivity contribution in [2.75, 3.05) is 45.5 Å². The van der Waals surface area contributed by atoms with Crippen molar-refractivity contribution < 1.29 is 4.79 Å². The third-order valence-electron chi connectivity index (χ3n) is 3.50. The maximum Gasteiger partial charge on any atom is 0.251 e. The number of carbonyl (C=O) groups excluding carboxylic acids is 1. The fraction of sp³-hybridized carbons (Fsp3) is 0.533. The third kappa shape index (κ3) is 4.81. The number of benzene rings is 1. The highest BCUT2D eigenvalue weighted by Crippen LogP contribution is 2.14. The van der Waals surface area contributed by atoms with Crippen molar-refractivity contribution in [2.24, 2.45) is 0 Å². The highest BCUT2D eigenvalue weighted by molar-refractivity contribution is 7.98. The molecule has 4 nitrogen and oxygen atoms in total. The Morgan fingerprint density at radius 1 is 1.30 bits per heavy atom. The first-order chi connectivity index (χ1) is 9.79. The molecular weight excluding hydrogens is 270 g/mol. The van der Waals surface area contributed by atoms with E-state index in [0.717, 1.165) is 51.3 Å². The van der Waals surface area contributed by atoms with Crippen LogP contribution in [-0.2, 0) is 0 Å². The van der Waals surface area contributed by atoms with Crippen LogP contribution in [0.15, 0.2) is 29.2 Å². The van der Waals surface area contributed by atoms with Crippen molar-refractivity contribution in [3.8, 4) is 0 Å². The zero-order chi connectivity index (χ0) is 14.2. The van der Waals surface area contributed by atoms with Gasteiger partial charge in [-0.25, -0.2) is 0 Å². The molecule has 110 valence electrons. The van der Waals surface area contributed by atoms with Gasteiger partial charge in [-0.15, -0.1) is 11.8 Å². The fourth-order valence-electron chi connectivity index (χ4n) is 2.28. The van der Waals surface area contributed by atoms with Crippen molar-refractivity contribution in [3.63, 3.8) is 0 Å². The van der Waals surface area contributed by atoms with E-state index in [1.807, 2.05) is 30.5 Å². The summed E-state index contributed by atoms with van der Waals surface area (Å²) in [5, 5.41) is 6.33. The Labute approximate surface area is 125 Å². The molecule has 0 spiro atoms. The molecule has 0 radical (unpaired) electrons. The van der Waals surface area contributed by atoms with Crippen molar-refractivity contribution in [1.82, 2.24) is 15.5 Å². The van der Waals surface area contributed by atoms with E-state index in [1.165, 1.54) is 4.90 Å². The van der Waals surface area contributed by atoms with Crippen molar-refractivity contribution in [3.05, 3.63) is 29.8 Å². The number of piperazine rings is 1. The lowest BCUT2D eigenvalue weighted by atomic mass is 10.2. The largest absolute Gasteiger partial charge is 0.352 e. The number of hydrogen-bond donors (Lipinski definition) is 2. The van der Waals surface area contributed by atoms with Gasteiger partial charge in [-0.2, -0.15) is 0 Å². The van der Waals surface area contributed by atoms with E-state index in [9.17, 15) is 4.79 Å². The molecule has 1 aliphatic heterocycles. The lowest BCUT2D eigenvalue weighted by Gasteiger charge is -2.27. The van der Waals surface area contributed by atoms with E-state index < -0.39 is 0 Å². The molecule has 1 aromatic rings. The highest BCUT2D eigenvalue weighted by atomic mass is 32.2. The summed E-state index contributed by atoms with van der Waals surface area (Å²) in [6.07, 6.45) is 3.04. The van der Waals surface area contributed by atoms with Gasteiger partial charge in [-0.05, 0) is 43.5 Å². The summed E-state index contributed by atoms with van der Waals surface area (Å²) in [6.45, 7) is 6.19. The molecule has 0 unspecified atom stereocenters. The van der Waals surface area contributed by atoms with Gasteiger partial charge in [0.05, 0.1) is 0 Å². The molecule has 5 heteroatoms. The number of amides is 1. The molecule has 1 aromatic carbocycles. The molecule has 1 fully saturated rings. The zero-order valence-corrected chi connectivity index (χ0v) is 12.8. The molecule has 1 heterocycles. The Morgan fingerprint density at radius 2 is 2.00 bits per heavy atom. The van der Waals surface area contributed by atoms with Crippen LogP contribution in [0.3, 0.4) is 0 Å². The zero-order valence-electron chi connectivity index (χ0n) is 12.0. The van der Waals surface area contributed by atoms with Crippen LogP contribution in [0.5, 0.6) is 0 Å². The molecule has 0 bridgehead atoms. The predicted molar refractivity (Wildman–Crippen MR) is 84.5 cm³/mol. The predicted octanol–water partition coefficient (Wildman–Crippen LogP) is 1.43. The van der Waals surface area contributed by atoms with Gasteiger partial charge in [-0.1, -0.05) is 0 Å². The normalized spacial score (nSPS) is 16.1. The standard InChI is InChI=1S/C15H23N3OS/c1-20-14-5-3-13(4-6-14)15(19)17-7-2-10-18-11-8-16-9-12-18/h3-6,16H,2,7-12H2,1H3,(H,17,19). The molecule has 0 saturated carbocycles. The Balaban J connectivity index is 1.66. The average molecular weight is 293 g/mol. The van der Waals surface area contributed by atoms with Crippen LogP contribution in [0.2, 0.25) is 0 Å². The van der Waals surface area contributed by atoms with Gasteiger partial charge < -0.3 is 15.5 Å². The lowest BCUT2D eigenvalue weighted by molar-refractivity contribution is 0.0951. The SMILES string of the molecule is CSc1ccc(C(=O)NCCCN2CCNCC2)cc1. The van der Waals surface area contributed by atoms with E-state index in [1.54, 1.807) is 11.8 Å². The van der Waals surface area contributed by atoms with Gasteiger partial charge in [0.25, 0.3) is 5.91 Å². The molecule has 2 rings (SSSR count). The van der Waals surface area contributed by atoms with Gasteiger partial charge >= 0.3 is 0 Å². The van der Waals surface area contributed by atoms with Crippen molar-refractivity contribution >= 4 is 17.7 Å². The van der Waals surface area contributed by atoms with Crippen LogP contribution in [0.4, 0.5) is 0 Å². The van der Waals surface area contributed by atoms with Gasteiger partial charge in [0.15, 0.2) is 0 Å². The van der Waals surface area contributed by atoms with Crippen LogP contribution < -0.4 is 10.6 Å². The molecule has 0 aromatic heterocycles.